The van der Waals surface area contributed by atoms with E-state index in [0.717, 1.165) is 9.52 Å². The SMILES string of the molecule is CC(C)c1cc2c(-c3ccc(C(C)(C)C)cc3)cccc2[cH-]1.C[Si]C.Cc1[cH-]c2cccc(-c3ccc(C(C)(C)C)cc3)c2c1C.[Cl][Zr+2][Cl]. The first-order valence-electron chi connectivity index (χ1n) is 17.2. The van der Waals surface area contributed by atoms with Gasteiger partial charge in [-0.3, -0.25) is 0 Å². The van der Waals surface area contributed by atoms with Crippen molar-refractivity contribution in [3.63, 3.8) is 0 Å². The molecule has 0 atom stereocenters. The number of halogens is 2. The average molecular weight is 785 g/mol. The minimum atomic E-state index is -0.826. The monoisotopic (exact) mass is 782 g/mol. The quantitative estimate of drug-likeness (QED) is 0.124. The van der Waals surface area contributed by atoms with E-state index in [1.54, 1.807) is 0 Å². The Morgan fingerprint density at radius 1 is 0.633 bits per heavy atom. The molecule has 0 unspecified atom stereocenters. The molecule has 0 heterocycles. The second-order valence-electron chi connectivity index (χ2n) is 15.2. The average Bonchev–Trinajstić information content (AvgIpc) is 3.62. The number of aryl methyl sites for hydroxylation is 2. The number of fused-ring (bicyclic) bond motifs is 2. The van der Waals surface area contributed by atoms with Crippen LogP contribution < -0.4 is 0 Å². The Morgan fingerprint density at radius 2 is 1.06 bits per heavy atom. The van der Waals surface area contributed by atoms with Gasteiger partial charge < -0.3 is 0 Å². The molecular formula is C45H54Cl2SiZr. The van der Waals surface area contributed by atoms with E-state index in [4.69, 9.17) is 17.0 Å². The van der Waals surface area contributed by atoms with Crippen LogP contribution in [0, 0.1) is 13.8 Å². The molecule has 0 saturated heterocycles. The molecule has 0 spiro atoms. The summed E-state index contributed by atoms with van der Waals surface area (Å²) in [6.07, 6.45) is 0. The molecule has 0 bridgehead atoms. The standard InChI is InChI=1S/C22H25.C21H23.C2H6Si.2ClH.Zr/c1-15(2)18-13-17-7-6-8-20(21(17)14-18)16-9-11-19(12-10-16)22(3,4)5;1-14-13-17-7-6-8-19(20(17)15(14)2)16-9-11-18(12-10-16)21(3,4)5;1-3-2;;;/h6-15H,1-5H3;6-13H,1-5H3;1-2H3;2*1H;/q2*-1;;;;+4/p-2. The summed E-state index contributed by atoms with van der Waals surface area (Å²) in [6.45, 7) is 26.8. The van der Waals surface area contributed by atoms with E-state index in [1.165, 1.54) is 71.6 Å². The van der Waals surface area contributed by atoms with Gasteiger partial charge in [0.15, 0.2) is 0 Å². The van der Waals surface area contributed by atoms with Crippen molar-refractivity contribution in [1.29, 1.82) is 0 Å². The van der Waals surface area contributed by atoms with Crippen LogP contribution >= 0.6 is 17.0 Å². The van der Waals surface area contributed by atoms with E-state index in [0.29, 0.717) is 5.92 Å². The van der Waals surface area contributed by atoms with Crippen molar-refractivity contribution in [3.05, 3.63) is 131 Å². The summed E-state index contributed by atoms with van der Waals surface area (Å²) in [7, 11) is 11.0. The molecular weight excluding hydrogens is 731 g/mol. The Labute approximate surface area is 318 Å². The molecule has 4 heteroatoms. The van der Waals surface area contributed by atoms with Crippen molar-refractivity contribution < 1.29 is 20.8 Å². The van der Waals surface area contributed by atoms with Gasteiger partial charge in [0.2, 0.25) is 0 Å². The number of benzene rings is 4. The van der Waals surface area contributed by atoms with Crippen LogP contribution in [-0.4, -0.2) is 9.52 Å². The summed E-state index contributed by atoms with van der Waals surface area (Å²) in [4.78, 5) is 0. The Bertz CT molecular complexity index is 1890. The first kappa shape index (κ1) is 41.2. The summed E-state index contributed by atoms with van der Waals surface area (Å²) in [6, 6.07) is 38.3. The fourth-order valence-corrected chi connectivity index (χ4v) is 6.03. The minimum absolute atomic E-state index is 0.204. The predicted octanol–water partition coefficient (Wildman–Crippen LogP) is 14.9. The third-order valence-corrected chi connectivity index (χ3v) is 9.00. The molecule has 0 fully saturated rings. The van der Waals surface area contributed by atoms with Crippen molar-refractivity contribution in [3.8, 4) is 22.3 Å². The number of hydrogen-bond acceptors (Lipinski definition) is 0. The zero-order valence-electron chi connectivity index (χ0n) is 31.6. The van der Waals surface area contributed by atoms with Crippen molar-refractivity contribution >= 4 is 48.1 Å². The summed E-state index contributed by atoms with van der Waals surface area (Å²) < 4.78 is 0. The van der Waals surface area contributed by atoms with Crippen LogP contribution in [0.25, 0.3) is 43.8 Å². The zero-order chi connectivity index (χ0) is 36.5. The van der Waals surface area contributed by atoms with Gasteiger partial charge >= 0.3 is 37.9 Å². The van der Waals surface area contributed by atoms with Crippen LogP contribution in [0.1, 0.15) is 89.1 Å². The maximum absolute atomic E-state index is 4.93. The molecule has 0 aliphatic carbocycles. The molecule has 6 aromatic rings. The molecule has 0 N–H and O–H groups in total. The first-order valence-corrected chi connectivity index (χ1v) is 25.5. The molecule has 6 aromatic carbocycles. The number of hydrogen-bond donors (Lipinski definition) is 0. The fourth-order valence-electron chi connectivity index (χ4n) is 6.03. The van der Waals surface area contributed by atoms with E-state index in [2.05, 4.69) is 185 Å². The number of rotatable bonds is 3. The van der Waals surface area contributed by atoms with Crippen molar-refractivity contribution in [2.24, 2.45) is 0 Å². The van der Waals surface area contributed by atoms with Gasteiger partial charge in [-0.25, -0.2) is 0 Å². The second-order valence-corrected chi connectivity index (χ2v) is 19.9. The summed E-state index contributed by atoms with van der Waals surface area (Å²) in [5.74, 6) is 0.573. The predicted molar refractivity (Wildman–Crippen MR) is 220 cm³/mol. The molecule has 49 heavy (non-hydrogen) atoms. The fraction of sp³-hybridized carbons (Fsp3) is 0.333. The van der Waals surface area contributed by atoms with Gasteiger partial charge in [0, 0.05) is 9.52 Å². The van der Waals surface area contributed by atoms with Gasteiger partial charge in [-0.1, -0.05) is 154 Å². The summed E-state index contributed by atoms with van der Waals surface area (Å²) in [5.41, 5.74) is 12.7. The van der Waals surface area contributed by atoms with Crippen LogP contribution in [-0.2, 0) is 31.7 Å². The summed E-state index contributed by atoms with van der Waals surface area (Å²) >= 11 is -0.826. The van der Waals surface area contributed by atoms with Crippen LogP contribution in [0.3, 0.4) is 0 Å². The third kappa shape index (κ3) is 10.9. The molecule has 0 aromatic heterocycles. The van der Waals surface area contributed by atoms with Crippen molar-refractivity contribution in [2.45, 2.75) is 99.1 Å². The van der Waals surface area contributed by atoms with Crippen molar-refractivity contribution in [2.75, 3.05) is 0 Å². The molecule has 256 valence electrons. The Balaban J connectivity index is 0.000000229. The molecule has 0 saturated carbocycles. The zero-order valence-corrected chi connectivity index (χ0v) is 36.6. The molecule has 0 amide bonds. The van der Waals surface area contributed by atoms with Gasteiger partial charge in [0.25, 0.3) is 0 Å². The Hall–Kier alpha value is -2.22. The molecule has 0 nitrogen and oxygen atoms in total. The normalized spacial score (nSPS) is 11.2. The Morgan fingerprint density at radius 3 is 1.51 bits per heavy atom. The van der Waals surface area contributed by atoms with Crippen LogP contribution in [0.15, 0.2) is 103 Å². The molecule has 6 rings (SSSR count). The topological polar surface area (TPSA) is 0 Å². The van der Waals surface area contributed by atoms with Gasteiger partial charge in [0.1, 0.15) is 0 Å². The van der Waals surface area contributed by atoms with Crippen LogP contribution in [0.2, 0.25) is 13.1 Å². The van der Waals surface area contributed by atoms with E-state index in [-0.39, 0.29) is 10.8 Å². The summed E-state index contributed by atoms with van der Waals surface area (Å²) in [5, 5.41) is 5.47. The van der Waals surface area contributed by atoms with E-state index >= 15 is 0 Å². The maximum atomic E-state index is 4.93. The van der Waals surface area contributed by atoms with Crippen LogP contribution in [0.4, 0.5) is 0 Å². The van der Waals surface area contributed by atoms with Gasteiger partial charge in [0.05, 0.1) is 0 Å². The van der Waals surface area contributed by atoms with Gasteiger partial charge in [-0.05, 0) is 39.0 Å². The van der Waals surface area contributed by atoms with Crippen LogP contribution in [0.5, 0.6) is 0 Å². The Kier molecular flexibility index (Phi) is 15.4. The van der Waals surface area contributed by atoms with E-state index in [1.807, 2.05) is 0 Å². The molecule has 0 aliphatic heterocycles. The molecule has 0 aliphatic rings. The second kappa shape index (κ2) is 18.3. The van der Waals surface area contributed by atoms with Gasteiger partial charge in [-0.15, -0.1) is 69.1 Å². The third-order valence-electron chi connectivity index (χ3n) is 9.00. The van der Waals surface area contributed by atoms with E-state index in [9.17, 15) is 0 Å². The van der Waals surface area contributed by atoms with E-state index < -0.39 is 20.8 Å². The van der Waals surface area contributed by atoms with Crippen molar-refractivity contribution in [1.82, 2.24) is 0 Å². The molecule has 2 radical (unpaired) electrons. The first-order chi connectivity index (χ1) is 23.1. The van der Waals surface area contributed by atoms with Gasteiger partial charge in [-0.2, -0.15) is 11.6 Å².